The number of ether oxygens (including phenoxy) is 1. The minimum absolute atomic E-state index is 0.0507. The lowest BCUT2D eigenvalue weighted by atomic mass is 9.64. The molecule has 4 aromatic rings. The first kappa shape index (κ1) is 22.1. The van der Waals surface area contributed by atoms with E-state index in [0.29, 0.717) is 5.52 Å². The molecule has 1 aliphatic carbocycles. The molecule has 11 heteroatoms. The van der Waals surface area contributed by atoms with Gasteiger partial charge in [0.2, 0.25) is 11.7 Å². The van der Waals surface area contributed by atoms with E-state index in [1.165, 1.54) is 41.7 Å². The van der Waals surface area contributed by atoms with Gasteiger partial charge in [-0.1, -0.05) is 36.4 Å². The van der Waals surface area contributed by atoms with Gasteiger partial charge in [0.15, 0.2) is 17.4 Å². The number of para-hydroxylation sites is 1. The highest BCUT2D eigenvalue weighted by Gasteiger charge is 2.62. The second kappa shape index (κ2) is 7.43. The third kappa shape index (κ3) is 2.65. The van der Waals surface area contributed by atoms with Crippen LogP contribution in [-0.2, 0) is 14.9 Å². The summed E-state index contributed by atoms with van der Waals surface area (Å²) in [5.41, 5.74) is 5.12. The number of nitrogens with two attached hydrogens (primary N) is 1. The second-order valence-corrected chi connectivity index (χ2v) is 9.96. The maximum atomic E-state index is 14.1. The average molecular weight is 522 g/mol. The highest BCUT2D eigenvalue weighted by atomic mass is 32.1. The summed E-state index contributed by atoms with van der Waals surface area (Å²) in [5.74, 6) is -2.60. The quantitative estimate of drug-likeness (QED) is 0.295. The number of Topliss-reactive ketones (excluding diaryl/α,β-unsaturated/α-hetero) is 2. The monoisotopic (exact) mass is 522 g/mol. The predicted octanol–water partition coefficient (Wildman–Crippen LogP) is 4.09. The molecule has 0 fully saturated rings. The molecule has 1 aromatic heterocycles. The zero-order chi connectivity index (χ0) is 26.3. The third-order valence-electron chi connectivity index (χ3n) is 7.00. The van der Waals surface area contributed by atoms with Crippen molar-refractivity contribution in [2.45, 2.75) is 5.41 Å². The Labute approximate surface area is 217 Å². The molecule has 7 rings (SSSR count). The van der Waals surface area contributed by atoms with Crippen LogP contribution >= 0.6 is 11.3 Å². The minimum Gasteiger partial charge on any atom is -0.437 e. The lowest BCUT2D eigenvalue weighted by molar-refractivity contribution is -0.384. The van der Waals surface area contributed by atoms with Crippen LogP contribution in [0.15, 0.2) is 83.9 Å². The van der Waals surface area contributed by atoms with Crippen molar-refractivity contribution in [1.29, 1.82) is 0 Å². The van der Waals surface area contributed by atoms with E-state index in [1.54, 1.807) is 24.3 Å². The molecule has 0 bridgehead atoms. The first-order chi connectivity index (χ1) is 18.3. The van der Waals surface area contributed by atoms with Gasteiger partial charge in [0, 0.05) is 34.5 Å². The number of benzene rings is 3. The fraction of sp³-hybridized carbons (Fsp3) is 0.0370. The van der Waals surface area contributed by atoms with Crippen LogP contribution in [0.5, 0.6) is 0 Å². The summed E-state index contributed by atoms with van der Waals surface area (Å²) in [6, 6.07) is 17.3. The number of carbonyl (C=O) groups is 3. The lowest BCUT2D eigenvalue weighted by Crippen LogP contribution is -2.47. The molecule has 1 spiro atoms. The normalized spacial score (nSPS) is 19.8. The molecule has 38 heavy (non-hydrogen) atoms. The van der Waals surface area contributed by atoms with Crippen LogP contribution in [0.1, 0.15) is 31.3 Å². The number of hydrogen-bond acceptors (Lipinski definition) is 9. The number of allylic oxidation sites excluding steroid dienone is 1. The van der Waals surface area contributed by atoms with Gasteiger partial charge in [-0.15, -0.1) is 11.3 Å². The van der Waals surface area contributed by atoms with Crippen molar-refractivity contribution < 1.29 is 24.0 Å². The fourth-order valence-electron chi connectivity index (χ4n) is 5.41. The number of aromatic nitrogens is 1. The maximum absolute atomic E-state index is 14.1. The fourth-order valence-corrected chi connectivity index (χ4v) is 6.48. The number of hydrogen-bond donors (Lipinski definition) is 2. The molecule has 3 heterocycles. The summed E-state index contributed by atoms with van der Waals surface area (Å²) >= 11 is 1.22. The van der Waals surface area contributed by atoms with Crippen molar-refractivity contribution >= 4 is 56.0 Å². The number of anilines is 1. The first-order valence-corrected chi connectivity index (χ1v) is 12.2. The van der Waals surface area contributed by atoms with E-state index in [4.69, 9.17) is 10.5 Å². The van der Waals surface area contributed by atoms with Gasteiger partial charge in [0.1, 0.15) is 10.4 Å². The number of nitrogens with one attached hydrogen (secondary N) is 1. The second-order valence-electron chi connectivity index (χ2n) is 8.93. The number of rotatable bonds is 2. The molecule has 1 atom stereocenters. The highest BCUT2D eigenvalue weighted by molar-refractivity contribution is 7.19. The lowest BCUT2D eigenvalue weighted by Gasteiger charge is -2.38. The molecule has 3 aromatic carbocycles. The number of nitro groups is 1. The Balaban J connectivity index is 1.61. The zero-order valence-corrected chi connectivity index (χ0v) is 20.0. The molecule has 1 amide bonds. The van der Waals surface area contributed by atoms with Gasteiger partial charge in [-0.05, 0) is 18.2 Å². The summed E-state index contributed by atoms with van der Waals surface area (Å²) in [7, 11) is 0. The number of non-ortho nitro benzene ring substituents is 1. The molecule has 3 aliphatic rings. The van der Waals surface area contributed by atoms with Crippen molar-refractivity contribution in [3.8, 4) is 0 Å². The summed E-state index contributed by atoms with van der Waals surface area (Å²) in [5, 5.41) is 14.8. The van der Waals surface area contributed by atoms with E-state index in [-0.39, 0.29) is 55.9 Å². The van der Waals surface area contributed by atoms with Gasteiger partial charge >= 0.3 is 0 Å². The Morgan fingerprint density at radius 2 is 1.66 bits per heavy atom. The Morgan fingerprint density at radius 1 is 0.947 bits per heavy atom. The molecular weight excluding hydrogens is 508 g/mol. The Hall–Kier alpha value is -5.16. The van der Waals surface area contributed by atoms with Crippen LogP contribution in [-0.4, -0.2) is 27.4 Å². The average Bonchev–Trinajstić information content (AvgIpc) is 3.46. The Morgan fingerprint density at radius 3 is 2.39 bits per heavy atom. The van der Waals surface area contributed by atoms with Gasteiger partial charge in [0.25, 0.3) is 5.69 Å². The largest absolute Gasteiger partial charge is 0.437 e. The molecule has 184 valence electrons. The van der Waals surface area contributed by atoms with E-state index >= 15 is 0 Å². The molecule has 0 saturated heterocycles. The number of ketones is 2. The molecule has 0 saturated carbocycles. The van der Waals surface area contributed by atoms with Crippen LogP contribution in [0.4, 0.5) is 11.4 Å². The number of nitrogens with zero attached hydrogens (tertiary/aromatic N) is 2. The summed E-state index contributed by atoms with van der Waals surface area (Å²) in [6.07, 6.45) is 0. The highest BCUT2D eigenvalue weighted by Crippen LogP contribution is 2.58. The van der Waals surface area contributed by atoms with Crippen LogP contribution in [0.3, 0.4) is 0 Å². The Kier molecular flexibility index (Phi) is 4.32. The van der Waals surface area contributed by atoms with Gasteiger partial charge < -0.3 is 15.8 Å². The van der Waals surface area contributed by atoms with Crippen LogP contribution in [0, 0.1) is 10.1 Å². The van der Waals surface area contributed by atoms with Crippen molar-refractivity contribution in [2.75, 3.05) is 5.32 Å². The molecule has 2 aliphatic heterocycles. The number of thiazole rings is 1. The summed E-state index contributed by atoms with van der Waals surface area (Å²) < 4.78 is 6.62. The summed E-state index contributed by atoms with van der Waals surface area (Å²) in [6.45, 7) is 0. The van der Waals surface area contributed by atoms with Crippen molar-refractivity contribution in [3.63, 3.8) is 0 Å². The van der Waals surface area contributed by atoms with Crippen molar-refractivity contribution in [3.05, 3.63) is 116 Å². The van der Waals surface area contributed by atoms with E-state index < -0.39 is 27.8 Å². The van der Waals surface area contributed by atoms with Crippen LogP contribution < -0.4 is 11.1 Å². The van der Waals surface area contributed by atoms with Crippen LogP contribution in [0.2, 0.25) is 0 Å². The number of carbonyl (C=O) groups excluding carboxylic acids is 3. The van der Waals surface area contributed by atoms with Gasteiger partial charge in [0.05, 0.1) is 26.3 Å². The standard InChI is InChI=1S/C27H14N4O6S/c28-24-20(25-29-17-7-3-4-8-18(17)38-25)27(15-11-12(31(35)36)9-10-16(15)30-26(27)34)19-21(32)13-5-1-2-6-14(13)22(33)23(19)37-24/h1-11H,28H2,(H,30,34). The van der Waals surface area contributed by atoms with Crippen LogP contribution in [0.25, 0.3) is 15.8 Å². The first-order valence-electron chi connectivity index (χ1n) is 11.4. The molecule has 1 unspecified atom stereocenters. The summed E-state index contributed by atoms with van der Waals surface area (Å²) in [4.78, 5) is 57.6. The maximum Gasteiger partial charge on any atom is 0.269 e. The predicted molar refractivity (Wildman–Crippen MR) is 137 cm³/mol. The van der Waals surface area contributed by atoms with E-state index in [2.05, 4.69) is 10.3 Å². The molecule has 10 nitrogen and oxygen atoms in total. The van der Waals surface area contributed by atoms with E-state index in [0.717, 1.165) is 4.70 Å². The minimum atomic E-state index is -2.02. The SMILES string of the molecule is NC1=C(c2nc3ccccc3s2)C2(C(=O)Nc3ccc([N+](=O)[O-])cc32)C2=C(O1)C(=O)c1ccccc1C2=O. The van der Waals surface area contributed by atoms with Gasteiger partial charge in [-0.2, -0.15) is 0 Å². The topological polar surface area (TPSA) is 155 Å². The van der Waals surface area contributed by atoms with Gasteiger partial charge in [-0.25, -0.2) is 4.98 Å². The van der Waals surface area contributed by atoms with E-state index in [1.807, 2.05) is 12.1 Å². The molecular formula is C27H14N4O6S. The smallest absolute Gasteiger partial charge is 0.269 e. The van der Waals surface area contributed by atoms with Crippen molar-refractivity contribution in [2.24, 2.45) is 5.73 Å². The number of fused-ring (bicyclic) bond motifs is 5. The van der Waals surface area contributed by atoms with Crippen molar-refractivity contribution in [1.82, 2.24) is 4.98 Å². The molecule has 3 N–H and O–H groups in total. The Bertz CT molecular complexity index is 1850. The van der Waals surface area contributed by atoms with E-state index in [9.17, 15) is 24.5 Å². The molecule has 0 radical (unpaired) electrons. The third-order valence-corrected chi connectivity index (χ3v) is 8.05. The number of nitro benzene ring substituents is 1. The zero-order valence-electron chi connectivity index (χ0n) is 19.2. The number of amides is 1. The van der Waals surface area contributed by atoms with Gasteiger partial charge in [-0.3, -0.25) is 24.5 Å².